The number of aliphatic hydroxyl groups is 1. The summed E-state index contributed by atoms with van der Waals surface area (Å²) in [5.74, 6) is 8.26. The van der Waals surface area contributed by atoms with Crippen molar-refractivity contribution in [1.82, 2.24) is 4.90 Å². The van der Waals surface area contributed by atoms with Gasteiger partial charge in [-0.1, -0.05) is 11.8 Å². The minimum absolute atomic E-state index is 0.0955. The Morgan fingerprint density at radius 3 is 2.62 bits per heavy atom. The lowest BCUT2D eigenvalue weighted by molar-refractivity contribution is 0.221. The minimum Gasteiger partial charge on any atom is -0.492 e. The monoisotopic (exact) mass is 307 g/mol. The number of aliphatic hydroxyl groups excluding tert-OH is 1. The number of rotatable bonds is 5. The summed E-state index contributed by atoms with van der Waals surface area (Å²) in [5, 5.41) is 8.66. The van der Waals surface area contributed by atoms with Crippen LogP contribution in [0.5, 0.6) is 5.75 Å². The van der Waals surface area contributed by atoms with Crippen molar-refractivity contribution < 1.29 is 14.1 Å². The maximum Gasteiger partial charge on any atom is 0.119 e. The normalized spacial score (nSPS) is 16.2. The smallest absolute Gasteiger partial charge is 0.119 e. The molecule has 0 aliphatic carbocycles. The Morgan fingerprint density at radius 2 is 1.95 bits per heavy atom. The van der Waals surface area contributed by atoms with Crippen molar-refractivity contribution in [3.05, 3.63) is 29.8 Å². The molecule has 0 radical (unpaired) electrons. The second-order valence-electron chi connectivity index (χ2n) is 4.84. The van der Waals surface area contributed by atoms with Gasteiger partial charge in [-0.05, 0) is 24.3 Å². The van der Waals surface area contributed by atoms with Crippen molar-refractivity contribution in [1.29, 1.82) is 0 Å². The zero-order chi connectivity index (χ0) is 14.9. The molecule has 1 N–H and O–H groups in total. The lowest BCUT2D eigenvalue weighted by Gasteiger charge is -2.25. The number of nitrogens with zero attached hydrogens (tertiary/aromatic N) is 1. The molecule has 21 heavy (non-hydrogen) atoms. The Balaban J connectivity index is 1.71. The van der Waals surface area contributed by atoms with E-state index >= 15 is 0 Å². The molecule has 0 bridgehead atoms. The highest BCUT2D eigenvalue weighted by atomic mass is 32.2. The largest absolute Gasteiger partial charge is 0.492 e. The molecule has 1 aromatic carbocycles. The highest BCUT2D eigenvalue weighted by Crippen LogP contribution is 2.11. The molecule has 1 heterocycles. The van der Waals surface area contributed by atoms with E-state index in [1.165, 1.54) is 0 Å². The van der Waals surface area contributed by atoms with Gasteiger partial charge in [-0.2, -0.15) is 0 Å². The first-order valence-corrected chi connectivity index (χ1v) is 8.66. The fourth-order valence-electron chi connectivity index (χ4n) is 2.05. The van der Waals surface area contributed by atoms with E-state index in [1.54, 1.807) is 0 Å². The molecule has 0 aromatic heterocycles. The molecule has 4 nitrogen and oxygen atoms in total. The Morgan fingerprint density at radius 1 is 1.24 bits per heavy atom. The molecule has 1 aliphatic heterocycles. The first kappa shape index (κ1) is 16.0. The van der Waals surface area contributed by atoms with Crippen LogP contribution in [0.4, 0.5) is 0 Å². The van der Waals surface area contributed by atoms with Gasteiger partial charge in [-0.15, -0.1) is 0 Å². The van der Waals surface area contributed by atoms with Gasteiger partial charge in [-0.25, -0.2) is 0 Å². The van der Waals surface area contributed by atoms with Crippen molar-refractivity contribution >= 4 is 10.8 Å². The summed E-state index contributed by atoms with van der Waals surface area (Å²) >= 11 is 0. The van der Waals surface area contributed by atoms with Gasteiger partial charge in [0.1, 0.15) is 12.4 Å². The van der Waals surface area contributed by atoms with Crippen molar-refractivity contribution in [3.63, 3.8) is 0 Å². The quantitative estimate of drug-likeness (QED) is 0.820. The Bertz CT molecular complexity index is 509. The number of ether oxygens (including phenoxy) is 1. The van der Waals surface area contributed by atoms with Crippen LogP contribution >= 0.6 is 0 Å². The molecule has 0 unspecified atom stereocenters. The van der Waals surface area contributed by atoms with Crippen LogP contribution in [0.3, 0.4) is 0 Å². The second kappa shape index (κ2) is 8.83. The third kappa shape index (κ3) is 5.88. The van der Waals surface area contributed by atoms with E-state index in [2.05, 4.69) is 16.7 Å². The van der Waals surface area contributed by atoms with Gasteiger partial charge in [0.25, 0.3) is 0 Å². The van der Waals surface area contributed by atoms with E-state index in [9.17, 15) is 4.21 Å². The average Bonchev–Trinajstić information content (AvgIpc) is 2.51. The molecule has 0 atom stereocenters. The van der Waals surface area contributed by atoms with E-state index in [0.29, 0.717) is 13.0 Å². The topological polar surface area (TPSA) is 49.8 Å². The number of hydrogen-bond acceptors (Lipinski definition) is 4. The predicted octanol–water partition coefficient (Wildman–Crippen LogP) is 0.864. The standard InChI is InChI=1S/C16H21NO3S/c18-11-2-1-3-15-4-6-16(7-5-15)20-12-8-17-9-13-21(19)14-10-17/h4-7,18H,2,8-14H2. The van der Waals surface area contributed by atoms with E-state index in [0.717, 1.165) is 42.5 Å². The zero-order valence-corrected chi connectivity index (χ0v) is 12.9. The summed E-state index contributed by atoms with van der Waals surface area (Å²) in [6, 6.07) is 7.66. The van der Waals surface area contributed by atoms with Crippen molar-refractivity contribution in [2.24, 2.45) is 0 Å². The first-order chi connectivity index (χ1) is 10.3. The molecule has 1 fully saturated rings. The summed E-state index contributed by atoms with van der Waals surface area (Å²) in [4.78, 5) is 2.29. The van der Waals surface area contributed by atoms with Gasteiger partial charge >= 0.3 is 0 Å². The third-order valence-corrected chi connectivity index (χ3v) is 4.55. The molecular weight excluding hydrogens is 286 g/mol. The highest BCUT2D eigenvalue weighted by molar-refractivity contribution is 7.85. The molecule has 1 aliphatic rings. The second-order valence-corrected chi connectivity index (χ2v) is 6.53. The van der Waals surface area contributed by atoms with E-state index in [1.807, 2.05) is 24.3 Å². The van der Waals surface area contributed by atoms with Gasteiger partial charge in [0.2, 0.25) is 0 Å². The molecule has 0 saturated carbocycles. The van der Waals surface area contributed by atoms with Crippen LogP contribution in [-0.4, -0.2) is 58.6 Å². The molecular formula is C16H21NO3S. The van der Waals surface area contributed by atoms with E-state index < -0.39 is 10.8 Å². The first-order valence-electron chi connectivity index (χ1n) is 7.18. The van der Waals surface area contributed by atoms with E-state index in [-0.39, 0.29) is 6.61 Å². The van der Waals surface area contributed by atoms with Gasteiger partial charge in [0.15, 0.2) is 0 Å². The van der Waals surface area contributed by atoms with Gasteiger partial charge in [0, 0.05) is 53.9 Å². The SMILES string of the molecule is O=S1CCN(CCOc2ccc(C#CCCO)cc2)CC1. The van der Waals surface area contributed by atoms with Crippen LogP contribution in [0.15, 0.2) is 24.3 Å². The Kier molecular flexibility index (Phi) is 6.74. The molecule has 0 amide bonds. The number of hydrogen-bond donors (Lipinski definition) is 1. The van der Waals surface area contributed by atoms with Crippen LogP contribution in [0.2, 0.25) is 0 Å². The fraction of sp³-hybridized carbons (Fsp3) is 0.500. The Labute approximate surface area is 128 Å². The molecule has 1 aromatic rings. The lowest BCUT2D eigenvalue weighted by Crippen LogP contribution is -2.39. The maximum absolute atomic E-state index is 11.3. The van der Waals surface area contributed by atoms with Gasteiger partial charge in [-0.3, -0.25) is 9.11 Å². The van der Waals surface area contributed by atoms with Crippen LogP contribution < -0.4 is 4.74 Å². The molecule has 0 spiro atoms. The van der Waals surface area contributed by atoms with Crippen LogP contribution in [-0.2, 0) is 10.8 Å². The summed E-state index contributed by atoms with van der Waals surface area (Å²) in [7, 11) is -0.620. The fourth-order valence-corrected chi connectivity index (χ4v) is 3.17. The van der Waals surface area contributed by atoms with Crippen LogP contribution in [0.25, 0.3) is 0 Å². The van der Waals surface area contributed by atoms with Crippen molar-refractivity contribution in [3.8, 4) is 17.6 Å². The predicted molar refractivity (Wildman–Crippen MR) is 84.8 cm³/mol. The summed E-state index contributed by atoms with van der Waals surface area (Å²) in [6.45, 7) is 3.40. The molecule has 114 valence electrons. The Hall–Kier alpha value is -1.35. The van der Waals surface area contributed by atoms with Gasteiger partial charge in [0.05, 0.1) is 6.61 Å². The lowest BCUT2D eigenvalue weighted by atomic mass is 10.2. The molecule has 2 rings (SSSR count). The van der Waals surface area contributed by atoms with Crippen LogP contribution in [0.1, 0.15) is 12.0 Å². The third-order valence-electron chi connectivity index (χ3n) is 3.27. The zero-order valence-electron chi connectivity index (χ0n) is 12.1. The highest BCUT2D eigenvalue weighted by Gasteiger charge is 2.14. The van der Waals surface area contributed by atoms with Gasteiger partial charge < -0.3 is 9.84 Å². The van der Waals surface area contributed by atoms with E-state index in [4.69, 9.17) is 9.84 Å². The molecule has 1 saturated heterocycles. The maximum atomic E-state index is 11.3. The summed E-state index contributed by atoms with van der Waals surface area (Å²) in [6.07, 6.45) is 0.499. The summed E-state index contributed by atoms with van der Waals surface area (Å²) < 4.78 is 17.0. The number of benzene rings is 1. The van der Waals surface area contributed by atoms with Crippen LogP contribution in [0, 0.1) is 11.8 Å². The minimum atomic E-state index is -0.620. The van der Waals surface area contributed by atoms with Crippen molar-refractivity contribution in [2.45, 2.75) is 6.42 Å². The molecule has 5 heteroatoms. The van der Waals surface area contributed by atoms with Crippen molar-refractivity contribution in [2.75, 3.05) is 44.4 Å². The average molecular weight is 307 g/mol. The summed E-state index contributed by atoms with van der Waals surface area (Å²) in [5.41, 5.74) is 0.925.